The second-order valence-electron chi connectivity index (χ2n) is 9.76. The van der Waals surface area contributed by atoms with Crippen LogP contribution in [0.1, 0.15) is 36.1 Å². The van der Waals surface area contributed by atoms with Crippen molar-refractivity contribution in [3.63, 3.8) is 0 Å². The zero-order valence-electron chi connectivity index (χ0n) is 21.3. The summed E-state index contributed by atoms with van der Waals surface area (Å²) in [6.45, 7) is 10.7. The molecule has 3 aromatic carbocycles. The minimum absolute atomic E-state index is 0. The van der Waals surface area contributed by atoms with E-state index in [1.807, 2.05) is 49.5 Å². The van der Waals surface area contributed by atoms with E-state index in [4.69, 9.17) is 4.98 Å². The van der Waals surface area contributed by atoms with Crippen molar-refractivity contribution < 1.29 is 20.1 Å². The zero-order chi connectivity index (χ0) is 24.6. The molecule has 0 amide bonds. The Hall–Kier alpha value is -3.33. The number of rotatable bonds is 2. The molecular formula is C32H29IrN3-2. The van der Waals surface area contributed by atoms with Crippen LogP contribution in [0.2, 0.25) is 0 Å². The van der Waals surface area contributed by atoms with Crippen molar-refractivity contribution in [1.29, 1.82) is 0 Å². The molecule has 3 nitrogen and oxygen atoms in total. The molecule has 0 unspecified atom stereocenters. The summed E-state index contributed by atoms with van der Waals surface area (Å²) in [4.78, 5) is 9.25. The van der Waals surface area contributed by atoms with E-state index in [1.165, 1.54) is 27.8 Å². The summed E-state index contributed by atoms with van der Waals surface area (Å²) < 4.78 is 2.34. The standard InChI is InChI=1S/C19H17N2.C13H12N.Ir/c1-13-11-15-9-10-19(2,3)21-17(15)16(12-13)20-18(21)14-7-5-4-6-8-14;1-10-3-6-12(7-4-10)13-8-5-11(2)9-14-13;/h4-7,9-12H,1-3H3;3-6,8-9H,1-2H3;/q2*-1;. The molecule has 6 rings (SSSR count). The van der Waals surface area contributed by atoms with Crippen LogP contribution in [0, 0.1) is 32.9 Å². The summed E-state index contributed by atoms with van der Waals surface area (Å²) in [5.41, 5.74) is 10.2. The van der Waals surface area contributed by atoms with Crippen LogP contribution in [0.25, 0.3) is 39.8 Å². The van der Waals surface area contributed by atoms with Gasteiger partial charge in [-0.25, -0.2) is 0 Å². The second kappa shape index (κ2) is 10.3. The second-order valence-corrected chi connectivity index (χ2v) is 9.76. The number of hydrogen-bond donors (Lipinski definition) is 0. The Balaban J connectivity index is 0.000000178. The molecule has 1 aliphatic heterocycles. The number of nitrogens with zero attached hydrogens (tertiary/aromatic N) is 3. The Bertz CT molecular complexity index is 1470. The zero-order valence-corrected chi connectivity index (χ0v) is 23.7. The van der Waals surface area contributed by atoms with Crippen molar-refractivity contribution in [2.75, 3.05) is 0 Å². The number of aryl methyl sites for hydroxylation is 3. The monoisotopic (exact) mass is 648 g/mol. The van der Waals surface area contributed by atoms with Crippen molar-refractivity contribution in [1.82, 2.24) is 14.5 Å². The fourth-order valence-electron chi connectivity index (χ4n) is 4.44. The maximum Gasteiger partial charge on any atom is 0.0779 e. The summed E-state index contributed by atoms with van der Waals surface area (Å²) in [5, 5.41) is 0. The van der Waals surface area contributed by atoms with E-state index < -0.39 is 0 Å². The number of imidazole rings is 1. The van der Waals surface area contributed by atoms with E-state index in [9.17, 15) is 0 Å². The molecule has 0 aliphatic carbocycles. The Morgan fingerprint density at radius 1 is 0.833 bits per heavy atom. The SMILES string of the molecule is Cc1c[c-]c(-c2ccc(C)cn2)cc1.Cc1cc2c3c(c1)nc(-c1[c-]cccc1)n3C(C)(C)C=C2.[Ir]. The average molecular weight is 648 g/mol. The van der Waals surface area contributed by atoms with Crippen LogP contribution >= 0.6 is 0 Å². The average Bonchev–Trinajstić information content (AvgIpc) is 3.25. The molecule has 3 heterocycles. The number of hydrogen-bond acceptors (Lipinski definition) is 2. The smallest absolute Gasteiger partial charge is 0.0779 e. The first-order valence-corrected chi connectivity index (χ1v) is 11.9. The molecule has 36 heavy (non-hydrogen) atoms. The fourth-order valence-corrected chi connectivity index (χ4v) is 4.44. The molecule has 4 heteroatoms. The molecule has 0 bridgehead atoms. The molecule has 1 radical (unpaired) electrons. The third-order valence-corrected chi connectivity index (χ3v) is 6.28. The normalized spacial score (nSPS) is 13.0. The summed E-state index contributed by atoms with van der Waals surface area (Å²) in [7, 11) is 0. The first kappa shape index (κ1) is 25.8. The van der Waals surface area contributed by atoms with Crippen molar-refractivity contribution >= 4 is 17.1 Å². The largest absolute Gasteiger partial charge is 0.355 e. The number of aromatic nitrogens is 3. The van der Waals surface area contributed by atoms with E-state index in [2.05, 4.69) is 91.9 Å². The quantitative estimate of drug-likeness (QED) is 0.184. The first-order chi connectivity index (χ1) is 16.8. The van der Waals surface area contributed by atoms with E-state index in [0.29, 0.717) is 0 Å². The molecule has 0 saturated heterocycles. The summed E-state index contributed by atoms with van der Waals surface area (Å²) in [5.74, 6) is 0.992. The van der Waals surface area contributed by atoms with Crippen LogP contribution in [0.5, 0.6) is 0 Å². The molecule has 5 aromatic rings. The van der Waals surface area contributed by atoms with Crippen LogP contribution in [0.3, 0.4) is 0 Å². The molecule has 2 aromatic heterocycles. The first-order valence-electron chi connectivity index (χ1n) is 11.9. The third-order valence-electron chi connectivity index (χ3n) is 6.28. The van der Waals surface area contributed by atoms with Crippen molar-refractivity contribution in [3.05, 3.63) is 113 Å². The Morgan fingerprint density at radius 2 is 1.64 bits per heavy atom. The third kappa shape index (κ3) is 5.11. The number of allylic oxidation sites excluding steroid dienone is 1. The van der Waals surface area contributed by atoms with Gasteiger partial charge in [0.1, 0.15) is 0 Å². The van der Waals surface area contributed by atoms with Gasteiger partial charge in [-0.3, -0.25) is 4.98 Å². The van der Waals surface area contributed by atoms with Gasteiger partial charge in [0.15, 0.2) is 0 Å². The number of benzene rings is 3. The van der Waals surface area contributed by atoms with Crippen LogP contribution in [-0.2, 0) is 25.6 Å². The Morgan fingerprint density at radius 3 is 2.31 bits per heavy atom. The summed E-state index contributed by atoms with van der Waals surface area (Å²) in [6, 6.07) is 29.2. The fraction of sp³-hybridized carbons (Fsp3) is 0.188. The minimum atomic E-state index is -0.0873. The van der Waals surface area contributed by atoms with Gasteiger partial charge in [0.25, 0.3) is 0 Å². The van der Waals surface area contributed by atoms with Gasteiger partial charge in [0.05, 0.1) is 22.4 Å². The van der Waals surface area contributed by atoms with Crippen LogP contribution in [0.4, 0.5) is 0 Å². The van der Waals surface area contributed by atoms with E-state index in [1.54, 1.807) is 0 Å². The van der Waals surface area contributed by atoms with Gasteiger partial charge in [-0.1, -0.05) is 31.2 Å². The minimum Gasteiger partial charge on any atom is -0.355 e. The molecule has 0 spiro atoms. The molecule has 0 saturated carbocycles. The van der Waals surface area contributed by atoms with Crippen LogP contribution in [0.15, 0.2) is 79.0 Å². The molecule has 0 atom stereocenters. The molecule has 1 aliphatic rings. The maximum atomic E-state index is 4.90. The molecular weight excluding hydrogens is 619 g/mol. The van der Waals surface area contributed by atoms with Gasteiger partial charge < -0.3 is 9.55 Å². The Kier molecular flexibility index (Phi) is 7.40. The van der Waals surface area contributed by atoms with E-state index in [-0.39, 0.29) is 25.6 Å². The maximum absolute atomic E-state index is 4.90. The van der Waals surface area contributed by atoms with Gasteiger partial charge in [-0.15, -0.1) is 71.3 Å². The molecule has 0 N–H and O–H groups in total. The molecule has 0 fully saturated rings. The van der Waals surface area contributed by atoms with Crippen LogP contribution < -0.4 is 0 Å². The van der Waals surface area contributed by atoms with Crippen molar-refractivity contribution in [2.24, 2.45) is 0 Å². The predicted octanol–water partition coefficient (Wildman–Crippen LogP) is 7.74. The van der Waals surface area contributed by atoms with Gasteiger partial charge in [0.2, 0.25) is 0 Å². The van der Waals surface area contributed by atoms with E-state index >= 15 is 0 Å². The van der Waals surface area contributed by atoms with Gasteiger partial charge in [-0.2, -0.15) is 0 Å². The predicted molar refractivity (Wildman–Crippen MR) is 145 cm³/mol. The number of pyridine rings is 1. The summed E-state index contributed by atoms with van der Waals surface area (Å²) >= 11 is 0. The summed E-state index contributed by atoms with van der Waals surface area (Å²) in [6.07, 6.45) is 6.35. The molecule has 183 valence electrons. The topological polar surface area (TPSA) is 30.7 Å². The Labute approximate surface area is 227 Å². The van der Waals surface area contributed by atoms with Gasteiger partial charge in [-0.05, 0) is 62.2 Å². The van der Waals surface area contributed by atoms with Gasteiger partial charge >= 0.3 is 0 Å². The van der Waals surface area contributed by atoms with Gasteiger partial charge in [0, 0.05) is 26.3 Å². The van der Waals surface area contributed by atoms with Crippen molar-refractivity contribution in [2.45, 2.75) is 40.2 Å². The van der Waals surface area contributed by atoms with Crippen LogP contribution in [-0.4, -0.2) is 14.5 Å². The van der Waals surface area contributed by atoms with E-state index in [0.717, 1.165) is 28.2 Å². The van der Waals surface area contributed by atoms with Crippen molar-refractivity contribution in [3.8, 4) is 22.6 Å².